The van der Waals surface area contributed by atoms with Gasteiger partial charge in [-0.25, -0.2) is 0 Å². The molecule has 0 radical (unpaired) electrons. The predicted molar refractivity (Wildman–Crippen MR) is 29.1 cm³/mol. The summed E-state index contributed by atoms with van der Waals surface area (Å²) >= 11 is 0. The standard InChI is InChI=1S/C3H8O.C2H4O/c1-3(2)4;1-2-3/h3-4H,1-2H3;2H,1H3. The number of carbonyl (C=O) groups excluding carboxylic acids is 1. The Balaban J connectivity index is 0. The van der Waals surface area contributed by atoms with E-state index in [1.807, 2.05) is 0 Å². The van der Waals surface area contributed by atoms with Crippen LogP contribution in [-0.4, -0.2) is 17.5 Å². The molecule has 0 fully saturated rings. The van der Waals surface area contributed by atoms with Gasteiger partial charge in [-0.05, 0) is 20.8 Å². The van der Waals surface area contributed by atoms with Crippen molar-refractivity contribution in [2.24, 2.45) is 0 Å². The van der Waals surface area contributed by atoms with E-state index >= 15 is 0 Å². The van der Waals surface area contributed by atoms with E-state index in [2.05, 4.69) is 0 Å². The highest BCUT2D eigenvalue weighted by Crippen LogP contribution is 1.65. The van der Waals surface area contributed by atoms with Crippen LogP contribution < -0.4 is 0 Å². The lowest BCUT2D eigenvalue weighted by Gasteiger charge is -1.80. The van der Waals surface area contributed by atoms with Gasteiger partial charge >= 0.3 is 0 Å². The molecule has 0 aromatic rings. The smallest absolute Gasteiger partial charge is 0.116 e. The number of hydrogen-bond acceptors (Lipinski definition) is 2. The number of aliphatic hydroxyl groups is 1. The molecular formula is C5H12O2. The highest BCUT2D eigenvalue weighted by Gasteiger charge is 1.69. The van der Waals surface area contributed by atoms with Crippen molar-refractivity contribution in [3.05, 3.63) is 0 Å². The molecule has 0 aliphatic carbocycles. The van der Waals surface area contributed by atoms with Crippen molar-refractivity contribution in [1.82, 2.24) is 0 Å². The Morgan fingerprint density at radius 1 is 1.57 bits per heavy atom. The van der Waals surface area contributed by atoms with Gasteiger partial charge < -0.3 is 9.90 Å². The average Bonchev–Trinajstić information content (AvgIpc) is 1.33. The molecule has 44 valence electrons. The summed E-state index contributed by atoms with van der Waals surface area (Å²) in [5, 5.41) is 8.06. The highest BCUT2D eigenvalue weighted by atomic mass is 16.3. The average molecular weight is 104 g/mol. The van der Waals surface area contributed by atoms with E-state index in [0.29, 0.717) is 0 Å². The van der Waals surface area contributed by atoms with Gasteiger partial charge in [0, 0.05) is 6.10 Å². The first-order chi connectivity index (χ1) is 3.15. The van der Waals surface area contributed by atoms with Crippen LogP contribution in [0.4, 0.5) is 0 Å². The molecule has 0 aromatic heterocycles. The van der Waals surface area contributed by atoms with Crippen LogP contribution in [0, 0.1) is 0 Å². The topological polar surface area (TPSA) is 37.3 Å². The van der Waals surface area contributed by atoms with E-state index in [1.165, 1.54) is 6.92 Å². The zero-order chi connectivity index (χ0) is 6.28. The summed E-state index contributed by atoms with van der Waals surface area (Å²) in [5.41, 5.74) is 0. The Morgan fingerprint density at radius 3 is 1.57 bits per heavy atom. The second kappa shape index (κ2) is 9.16. The molecule has 0 aliphatic rings. The fourth-order valence-electron chi connectivity index (χ4n) is 0. The molecule has 0 atom stereocenters. The molecule has 0 heterocycles. The molecule has 0 aromatic carbocycles. The first kappa shape index (κ1) is 9.80. The van der Waals surface area contributed by atoms with Crippen LogP contribution in [0.1, 0.15) is 20.8 Å². The van der Waals surface area contributed by atoms with Crippen molar-refractivity contribution in [1.29, 1.82) is 0 Å². The fraction of sp³-hybridized carbons (Fsp3) is 0.800. The monoisotopic (exact) mass is 104 g/mol. The lowest BCUT2D eigenvalue weighted by atomic mass is 10.5. The number of aliphatic hydroxyl groups excluding tert-OH is 1. The van der Waals surface area contributed by atoms with Gasteiger partial charge in [0.05, 0.1) is 0 Å². The van der Waals surface area contributed by atoms with Crippen LogP contribution in [-0.2, 0) is 4.79 Å². The van der Waals surface area contributed by atoms with Crippen LogP contribution in [0.15, 0.2) is 0 Å². The summed E-state index contributed by atoms with van der Waals surface area (Å²) < 4.78 is 0. The Labute approximate surface area is 44.2 Å². The minimum absolute atomic E-state index is 0.167. The molecule has 2 nitrogen and oxygen atoms in total. The van der Waals surface area contributed by atoms with Gasteiger partial charge in [-0.2, -0.15) is 0 Å². The van der Waals surface area contributed by atoms with Gasteiger partial charge in [0.25, 0.3) is 0 Å². The third-order valence-electron chi connectivity index (χ3n) is 0. The molecule has 0 rings (SSSR count). The highest BCUT2D eigenvalue weighted by molar-refractivity contribution is 5.44. The fourth-order valence-corrected chi connectivity index (χ4v) is 0. The molecule has 0 aliphatic heterocycles. The number of rotatable bonds is 0. The van der Waals surface area contributed by atoms with Crippen molar-refractivity contribution in [2.75, 3.05) is 0 Å². The summed E-state index contributed by atoms with van der Waals surface area (Å²) in [5.74, 6) is 0. The van der Waals surface area contributed by atoms with Crippen molar-refractivity contribution in [3.63, 3.8) is 0 Å². The summed E-state index contributed by atoms with van der Waals surface area (Å²) in [6.07, 6.45) is 0.583. The van der Waals surface area contributed by atoms with Crippen LogP contribution in [0.25, 0.3) is 0 Å². The van der Waals surface area contributed by atoms with Gasteiger partial charge in [-0.15, -0.1) is 0 Å². The Hall–Kier alpha value is -0.370. The van der Waals surface area contributed by atoms with E-state index < -0.39 is 0 Å². The van der Waals surface area contributed by atoms with Gasteiger partial charge in [0.1, 0.15) is 6.29 Å². The van der Waals surface area contributed by atoms with E-state index in [0.717, 1.165) is 6.29 Å². The lowest BCUT2D eigenvalue weighted by Crippen LogP contribution is -1.85. The van der Waals surface area contributed by atoms with Gasteiger partial charge in [0.15, 0.2) is 0 Å². The zero-order valence-corrected chi connectivity index (χ0v) is 5.01. The van der Waals surface area contributed by atoms with Crippen LogP contribution >= 0.6 is 0 Å². The third-order valence-corrected chi connectivity index (χ3v) is 0. The summed E-state index contributed by atoms with van der Waals surface area (Å²) in [7, 11) is 0. The van der Waals surface area contributed by atoms with E-state index in [9.17, 15) is 0 Å². The number of hydrogen-bond donors (Lipinski definition) is 1. The normalized spacial score (nSPS) is 7.00. The molecular weight excluding hydrogens is 92.1 g/mol. The lowest BCUT2D eigenvalue weighted by molar-refractivity contribution is -0.106. The summed E-state index contributed by atoms with van der Waals surface area (Å²) in [6, 6.07) is 0. The van der Waals surface area contributed by atoms with E-state index in [4.69, 9.17) is 9.90 Å². The minimum Gasteiger partial charge on any atom is -0.394 e. The molecule has 0 bridgehead atoms. The molecule has 0 saturated heterocycles. The second-order valence-corrected chi connectivity index (χ2v) is 1.33. The summed E-state index contributed by atoms with van der Waals surface area (Å²) in [4.78, 5) is 8.81. The SMILES string of the molecule is CC(C)O.CC=O. The number of aldehydes is 1. The Morgan fingerprint density at radius 2 is 1.57 bits per heavy atom. The first-order valence-electron chi connectivity index (χ1n) is 2.23. The number of carbonyl (C=O) groups is 1. The van der Waals surface area contributed by atoms with Crippen molar-refractivity contribution < 1.29 is 9.90 Å². The third kappa shape index (κ3) is 542. The minimum atomic E-state index is -0.167. The van der Waals surface area contributed by atoms with Gasteiger partial charge in [-0.3, -0.25) is 0 Å². The van der Waals surface area contributed by atoms with Gasteiger partial charge in [-0.1, -0.05) is 0 Å². The second-order valence-electron chi connectivity index (χ2n) is 1.33. The predicted octanol–water partition coefficient (Wildman–Crippen LogP) is 0.592. The zero-order valence-electron chi connectivity index (χ0n) is 5.01. The van der Waals surface area contributed by atoms with Crippen molar-refractivity contribution in [3.8, 4) is 0 Å². The molecule has 0 saturated carbocycles. The molecule has 1 N–H and O–H groups in total. The quantitative estimate of drug-likeness (QED) is 0.457. The maximum atomic E-state index is 8.81. The van der Waals surface area contributed by atoms with Crippen LogP contribution in [0.2, 0.25) is 0 Å². The maximum Gasteiger partial charge on any atom is 0.116 e. The van der Waals surface area contributed by atoms with E-state index in [1.54, 1.807) is 13.8 Å². The largest absolute Gasteiger partial charge is 0.394 e. The molecule has 0 unspecified atom stereocenters. The van der Waals surface area contributed by atoms with Crippen molar-refractivity contribution >= 4 is 6.29 Å². The molecule has 0 spiro atoms. The molecule has 2 heteroatoms. The van der Waals surface area contributed by atoms with E-state index in [-0.39, 0.29) is 6.10 Å². The molecule has 7 heavy (non-hydrogen) atoms. The van der Waals surface area contributed by atoms with Crippen LogP contribution in [0.5, 0.6) is 0 Å². The van der Waals surface area contributed by atoms with Crippen LogP contribution in [0.3, 0.4) is 0 Å². The Bertz CT molecular complexity index is 30.3. The molecule has 0 amide bonds. The maximum absolute atomic E-state index is 8.81. The Kier molecular flexibility index (Phi) is 12.8. The van der Waals surface area contributed by atoms with Gasteiger partial charge in [0.2, 0.25) is 0 Å². The summed E-state index contributed by atoms with van der Waals surface area (Å²) in [6.45, 7) is 4.89. The van der Waals surface area contributed by atoms with Crippen molar-refractivity contribution in [2.45, 2.75) is 26.9 Å². The first-order valence-corrected chi connectivity index (χ1v) is 2.23.